The zero-order valence-corrected chi connectivity index (χ0v) is 12.6. The van der Waals surface area contributed by atoms with E-state index >= 15 is 0 Å². The van der Waals surface area contributed by atoms with Gasteiger partial charge in [0.05, 0.1) is 6.42 Å². The third-order valence-electron chi connectivity index (χ3n) is 3.57. The van der Waals surface area contributed by atoms with Crippen LogP contribution in [0.15, 0.2) is 0 Å². The van der Waals surface area contributed by atoms with E-state index in [9.17, 15) is 13.2 Å². The minimum atomic E-state index is -3.55. The lowest BCUT2D eigenvalue weighted by molar-refractivity contribution is -0.137. The van der Waals surface area contributed by atoms with E-state index in [1.807, 2.05) is 14.0 Å². The molecule has 0 amide bonds. The molecule has 1 saturated heterocycles. The van der Waals surface area contributed by atoms with Gasteiger partial charge in [-0.15, -0.1) is 0 Å². The fourth-order valence-electron chi connectivity index (χ4n) is 2.13. The first-order chi connectivity index (χ1) is 8.78. The normalized spacial score (nSPS) is 22.8. The summed E-state index contributed by atoms with van der Waals surface area (Å²) in [5, 5.41) is 8.61. The van der Waals surface area contributed by atoms with Crippen molar-refractivity contribution in [3.05, 3.63) is 0 Å². The molecule has 0 aromatic rings. The summed E-state index contributed by atoms with van der Waals surface area (Å²) in [7, 11) is -0.127. The van der Waals surface area contributed by atoms with Crippen molar-refractivity contribution in [2.24, 2.45) is 0 Å². The van der Waals surface area contributed by atoms with Gasteiger partial charge in [0.15, 0.2) is 0 Å². The summed E-state index contributed by atoms with van der Waals surface area (Å²) >= 11 is 0. The van der Waals surface area contributed by atoms with Gasteiger partial charge in [0.1, 0.15) is 0 Å². The summed E-state index contributed by atoms with van der Waals surface area (Å²) in [5.74, 6) is -0.994. The van der Waals surface area contributed by atoms with Crippen LogP contribution in [0.2, 0.25) is 0 Å². The highest BCUT2D eigenvalue weighted by Crippen LogP contribution is 2.16. The second-order valence-corrected chi connectivity index (χ2v) is 6.91. The lowest BCUT2D eigenvalue weighted by atomic mass is 10.1. The maximum Gasteiger partial charge on any atom is 0.304 e. The summed E-state index contributed by atoms with van der Waals surface area (Å²) in [4.78, 5) is 12.7. The summed E-state index contributed by atoms with van der Waals surface area (Å²) in [6.45, 7) is 3.65. The molecular formula is C11H23N3O4S. The highest BCUT2D eigenvalue weighted by Gasteiger charge is 2.33. The molecule has 0 saturated carbocycles. The average molecular weight is 293 g/mol. The molecule has 0 spiro atoms. The zero-order chi connectivity index (χ0) is 14.6. The van der Waals surface area contributed by atoms with E-state index in [-0.39, 0.29) is 19.0 Å². The first-order valence-electron chi connectivity index (χ1n) is 6.42. The van der Waals surface area contributed by atoms with Crippen LogP contribution in [0.1, 0.15) is 19.8 Å². The Morgan fingerprint density at radius 3 is 2.58 bits per heavy atom. The molecule has 1 N–H and O–H groups in total. The van der Waals surface area contributed by atoms with E-state index < -0.39 is 16.2 Å². The number of carboxylic acids is 1. The number of nitrogens with zero attached hydrogens (tertiary/aromatic N) is 3. The lowest BCUT2D eigenvalue weighted by Crippen LogP contribution is -2.55. The molecular weight excluding hydrogens is 270 g/mol. The highest BCUT2D eigenvalue weighted by atomic mass is 32.2. The molecule has 0 bridgehead atoms. The average Bonchev–Trinajstić information content (AvgIpc) is 2.35. The van der Waals surface area contributed by atoms with Crippen LogP contribution >= 0.6 is 0 Å². The SMILES string of the molecule is CCC1CN(S(=O)(=O)N(C)CCC(=O)O)CCN1C. The molecule has 0 aromatic heterocycles. The fourth-order valence-corrected chi connectivity index (χ4v) is 3.52. The van der Waals surface area contributed by atoms with Gasteiger partial charge in [0.25, 0.3) is 10.2 Å². The smallest absolute Gasteiger partial charge is 0.304 e. The van der Waals surface area contributed by atoms with Crippen molar-refractivity contribution in [2.45, 2.75) is 25.8 Å². The Labute approximate surface area is 115 Å². The predicted molar refractivity (Wildman–Crippen MR) is 72.1 cm³/mol. The minimum absolute atomic E-state index is 0.000791. The maximum absolute atomic E-state index is 12.3. The zero-order valence-electron chi connectivity index (χ0n) is 11.7. The van der Waals surface area contributed by atoms with Gasteiger partial charge in [-0.2, -0.15) is 17.0 Å². The lowest BCUT2D eigenvalue weighted by Gasteiger charge is -2.39. The Balaban J connectivity index is 2.69. The molecule has 0 aromatic carbocycles. The van der Waals surface area contributed by atoms with Crippen LogP contribution in [-0.4, -0.2) is 79.3 Å². The van der Waals surface area contributed by atoms with Gasteiger partial charge in [-0.05, 0) is 13.5 Å². The van der Waals surface area contributed by atoms with E-state index in [1.165, 1.54) is 11.4 Å². The summed E-state index contributed by atoms with van der Waals surface area (Å²) in [6.07, 6.45) is 0.710. The van der Waals surface area contributed by atoms with Crippen molar-refractivity contribution < 1.29 is 18.3 Å². The van der Waals surface area contributed by atoms with Crippen LogP contribution in [0, 0.1) is 0 Å². The molecule has 19 heavy (non-hydrogen) atoms. The van der Waals surface area contributed by atoms with Crippen LogP contribution in [-0.2, 0) is 15.0 Å². The third-order valence-corrected chi connectivity index (χ3v) is 5.53. The standard InChI is InChI=1S/C11H23N3O4S/c1-4-10-9-14(8-7-12(10)2)19(17,18)13(3)6-5-11(15)16/h10H,4-9H2,1-3H3,(H,15,16). The molecule has 1 aliphatic rings. The van der Waals surface area contributed by atoms with Gasteiger partial charge in [0, 0.05) is 39.3 Å². The van der Waals surface area contributed by atoms with Crippen molar-refractivity contribution in [3.63, 3.8) is 0 Å². The Morgan fingerprint density at radius 1 is 1.42 bits per heavy atom. The van der Waals surface area contributed by atoms with Crippen LogP contribution < -0.4 is 0 Å². The van der Waals surface area contributed by atoms with Crippen LogP contribution in [0.3, 0.4) is 0 Å². The summed E-state index contributed by atoms with van der Waals surface area (Å²) < 4.78 is 27.2. The van der Waals surface area contributed by atoms with E-state index in [0.29, 0.717) is 19.6 Å². The molecule has 0 radical (unpaired) electrons. The number of carbonyl (C=O) groups is 1. The van der Waals surface area contributed by atoms with Crippen molar-refractivity contribution in [1.29, 1.82) is 0 Å². The Morgan fingerprint density at radius 2 is 2.05 bits per heavy atom. The number of hydrogen-bond acceptors (Lipinski definition) is 4. The maximum atomic E-state index is 12.3. The van der Waals surface area contributed by atoms with E-state index in [0.717, 1.165) is 10.7 Å². The summed E-state index contributed by atoms with van der Waals surface area (Å²) in [6, 6.07) is 0.219. The van der Waals surface area contributed by atoms with Crippen LogP contribution in [0.25, 0.3) is 0 Å². The van der Waals surface area contributed by atoms with Crippen molar-refractivity contribution >= 4 is 16.2 Å². The van der Waals surface area contributed by atoms with Crippen LogP contribution in [0.4, 0.5) is 0 Å². The van der Waals surface area contributed by atoms with Gasteiger partial charge in [-0.1, -0.05) is 6.92 Å². The molecule has 8 heteroatoms. The minimum Gasteiger partial charge on any atom is -0.481 e. The molecule has 1 aliphatic heterocycles. The molecule has 1 heterocycles. The second-order valence-electron chi connectivity index (χ2n) is 4.87. The van der Waals surface area contributed by atoms with Crippen molar-refractivity contribution in [2.75, 3.05) is 40.3 Å². The fraction of sp³-hybridized carbons (Fsp3) is 0.909. The predicted octanol–water partition coefficient (Wildman–Crippen LogP) is -0.336. The third kappa shape index (κ3) is 4.13. The van der Waals surface area contributed by atoms with E-state index in [1.54, 1.807) is 0 Å². The Hall–Kier alpha value is -0.700. The van der Waals surface area contributed by atoms with E-state index in [2.05, 4.69) is 4.90 Å². The van der Waals surface area contributed by atoms with E-state index in [4.69, 9.17) is 5.11 Å². The largest absolute Gasteiger partial charge is 0.481 e. The molecule has 1 fully saturated rings. The molecule has 112 valence electrons. The van der Waals surface area contributed by atoms with Crippen molar-refractivity contribution in [1.82, 2.24) is 13.5 Å². The number of likely N-dealkylation sites (N-methyl/N-ethyl adjacent to an activating group) is 1. The second kappa shape index (κ2) is 6.65. The number of carboxylic acid groups (broad SMARTS) is 1. The molecule has 1 rings (SSSR count). The summed E-state index contributed by atoms with van der Waals surface area (Å²) in [5.41, 5.74) is 0. The van der Waals surface area contributed by atoms with Crippen LogP contribution in [0.5, 0.6) is 0 Å². The first-order valence-corrected chi connectivity index (χ1v) is 7.82. The molecule has 0 aliphatic carbocycles. The number of rotatable bonds is 6. The number of hydrogen-bond donors (Lipinski definition) is 1. The van der Waals surface area contributed by atoms with Gasteiger partial charge in [-0.25, -0.2) is 0 Å². The van der Waals surface area contributed by atoms with Crippen molar-refractivity contribution in [3.8, 4) is 0 Å². The monoisotopic (exact) mass is 293 g/mol. The van der Waals surface area contributed by atoms with Gasteiger partial charge < -0.3 is 10.0 Å². The van der Waals surface area contributed by atoms with Gasteiger partial charge in [0.2, 0.25) is 0 Å². The Kier molecular flexibility index (Phi) is 5.72. The quantitative estimate of drug-likeness (QED) is 0.725. The number of piperazine rings is 1. The molecule has 1 unspecified atom stereocenters. The molecule has 1 atom stereocenters. The van der Waals surface area contributed by atoms with Gasteiger partial charge in [-0.3, -0.25) is 4.79 Å². The number of aliphatic carboxylic acids is 1. The first kappa shape index (κ1) is 16.4. The highest BCUT2D eigenvalue weighted by molar-refractivity contribution is 7.86. The van der Waals surface area contributed by atoms with Gasteiger partial charge >= 0.3 is 5.97 Å². The molecule has 7 nitrogen and oxygen atoms in total. The topological polar surface area (TPSA) is 81.2 Å². The Bertz CT molecular complexity index is 412.